The molecule has 3 aromatic rings. The Labute approximate surface area is 152 Å². The van der Waals surface area contributed by atoms with E-state index in [-0.39, 0.29) is 5.91 Å². The Bertz CT molecular complexity index is 961. The SMILES string of the molecule is CC(C)(NC(=O)c1cccc2c1OCCNC2)c1ncc2ccccn12. The molecule has 2 N–H and O–H groups in total. The molecule has 0 saturated carbocycles. The highest BCUT2D eigenvalue weighted by Crippen LogP contribution is 2.27. The van der Waals surface area contributed by atoms with Crippen LogP contribution in [0.25, 0.3) is 5.52 Å². The third-order valence-corrected chi connectivity index (χ3v) is 4.61. The second-order valence-electron chi connectivity index (χ2n) is 6.98. The van der Waals surface area contributed by atoms with E-state index in [1.807, 2.05) is 61.0 Å². The molecule has 0 atom stereocenters. The molecule has 0 saturated heterocycles. The van der Waals surface area contributed by atoms with Crippen molar-refractivity contribution >= 4 is 11.4 Å². The number of ether oxygens (including phenoxy) is 1. The zero-order chi connectivity index (χ0) is 18.1. The summed E-state index contributed by atoms with van der Waals surface area (Å²) in [6.07, 6.45) is 3.77. The van der Waals surface area contributed by atoms with Gasteiger partial charge in [-0.05, 0) is 32.0 Å². The van der Waals surface area contributed by atoms with Gasteiger partial charge in [0.25, 0.3) is 5.91 Å². The highest BCUT2D eigenvalue weighted by Gasteiger charge is 2.29. The Morgan fingerprint density at radius 2 is 2.15 bits per heavy atom. The molecule has 3 heterocycles. The number of aromatic nitrogens is 2. The maximum atomic E-state index is 13.0. The van der Waals surface area contributed by atoms with Crippen LogP contribution in [0.5, 0.6) is 5.75 Å². The summed E-state index contributed by atoms with van der Waals surface area (Å²) in [6.45, 7) is 5.92. The normalized spacial score (nSPS) is 14.4. The number of hydrogen-bond donors (Lipinski definition) is 2. The van der Waals surface area contributed by atoms with E-state index in [1.54, 1.807) is 6.07 Å². The maximum Gasteiger partial charge on any atom is 0.255 e. The molecule has 1 amide bonds. The summed E-state index contributed by atoms with van der Waals surface area (Å²) in [5.41, 5.74) is 1.91. The van der Waals surface area contributed by atoms with Gasteiger partial charge in [-0.15, -0.1) is 0 Å². The van der Waals surface area contributed by atoms with Crippen molar-refractivity contribution in [1.82, 2.24) is 20.0 Å². The standard InChI is InChI=1S/C20H22N4O2/c1-20(2,19-22-13-15-7-3-4-10-24(15)19)23-18(25)16-8-5-6-14-12-21-9-11-26-17(14)16/h3-8,10,13,21H,9,11-12H2,1-2H3,(H,23,25). The minimum Gasteiger partial charge on any atom is -0.491 e. The van der Waals surface area contributed by atoms with Crippen molar-refractivity contribution in [3.8, 4) is 5.75 Å². The van der Waals surface area contributed by atoms with Gasteiger partial charge in [-0.2, -0.15) is 0 Å². The van der Waals surface area contributed by atoms with Gasteiger partial charge in [0.15, 0.2) is 0 Å². The summed E-state index contributed by atoms with van der Waals surface area (Å²) in [7, 11) is 0. The number of hydrogen-bond acceptors (Lipinski definition) is 4. The lowest BCUT2D eigenvalue weighted by atomic mass is 10.0. The highest BCUT2D eigenvalue weighted by atomic mass is 16.5. The molecule has 26 heavy (non-hydrogen) atoms. The van der Waals surface area contributed by atoms with Gasteiger partial charge < -0.3 is 19.8 Å². The van der Waals surface area contributed by atoms with Crippen molar-refractivity contribution in [2.75, 3.05) is 13.2 Å². The molecule has 0 fully saturated rings. The van der Waals surface area contributed by atoms with E-state index in [4.69, 9.17) is 4.74 Å². The van der Waals surface area contributed by atoms with E-state index in [0.717, 1.165) is 23.4 Å². The average Bonchev–Trinajstić information content (AvgIpc) is 2.92. The number of amides is 1. The van der Waals surface area contributed by atoms with Crippen LogP contribution < -0.4 is 15.4 Å². The number of fused-ring (bicyclic) bond motifs is 2. The predicted octanol–water partition coefficient (Wildman–Crippen LogP) is 2.48. The third kappa shape index (κ3) is 2.93. The van der Waals surface area contributed by atoms with Gasteiger partial charge >= 0.3 is 0 Å². The lowest BCUT2D eigenvalue weighted by molar-refractivity contribution is 0.0904. The lowest BCUT2D eigenvalue weighted by Crippen LogP contribution is -2.42. The fraction of sp³-hybridized carbons (Fsp3) is 0.300. The Morgan fingerprint density at radius 1 is 1.27 bits per heavy atom. The lowest BCUT2D eigenvalue weighted by Gasteiger charge is -2.26. The minimum absolute atomic E-state index is 0.165. The molecule has 2 aromatic heterocycles. The average molecular weight is 350 g/mol. The summed E-state index contributed by atoms with van der Waals surface area (Å²) in [5, 5.41) is 6.41. The Balaban J connectivity index is 1.66. The molecular formula is C20H22N4O2. The number of benzene rings is 1. The van der Waals surface area contributed by atoms with Crippen LogP contribution in [0.3, 0.4) is 0 Å². The second kappa shape index (κ2) is 6.46. The molecule has 1 aromatic carbocycles. The monoisotopic (exact) mass is 350 g/mol. The van der Waals surface area contributed by atoms with Gasteiger partial charge in [-0.25, -0.2) is 4.98 Å². The van der Waals surface area contributed by atoms with Crippen molar-refractivity contribution in [2.45, 2.75) is 25.9 Å². The van der Waals surface area contributed by atoms with Crippen LogP contribution >= 0.6 is 0 Å². The fourth-order valence-corrected chi connectivity index (χ4v) is 3.34. The molecule has 6 nitrogen and oxygen atoms in total. The van der Waals surface area contributed by atoms with Crippen molar-refractivity contribution < 1.29 is 9.53 Å². The van der Waals surface area contributed by atoms with Gasteiger partial charge in [0.05, 0.1) is 22.8 Å². The van der Waals surface area contributed by atoms with Crippen LogP contribution in [0.1, 0.15) is 35.6 Å². The Morgan fingerprint density at radius 3 is 3.04 bits per heavy atom. The highest BCUT2D eigenvalue weighted by molar-refractivity contribution is 5.97. The van der Waals surface area contributed by atoms with E-state index in [2.05, 4.69) is 15.6 Å². The summed E-state index contributed by atoms with van der Waals surface area (Å²) in [6, 6.07) is 11.6. The predicted molar refractivity (Wildman–Crippen MR) is 99.3 cm³/mol. The Hall–Kier alpha value is -2.86. The Kier molecular flexibility index (Phi) is 4.12. The minimum atomic E-state index is -0.642. The molecule has 4 rings (SSSR count). The zero-order valence-electron chi connectivity index (χ0n) is 15.0. The first-order valence-corrected chi connectivity index (χ1v) is 8.77. The fourth-order valence-electron chi connectivity index (χ4n) is 3.34. The van der Waals surface area contributed by atoms with Crippen LogP contribution in [-0.4, -0.2) is 28.4 Å². The van der Waals surface area contributed by atoms with E-state index >= 15 is 0 Å². The number of carbonyl (C=O) groups excluding carboxylic acids is 1. The number of rotatable bonds is 3. The first-order valence-electron chi connectivity index (χ1n) is 8.77. The number of imidazole rings is 1. The van der Waals surface area contributed by atoms with Gasteiger partial charge in [0.1, 0.15) is 18.2 Å². The summed E-state index contributed by atoms with van der Waals surface area (Å²) in [4.78, 5) is 17.6. The number of para-hydroxylation sites is 1. The van der Waals surface area contributed by atoms with Gasteiger partial charge in [-0.3, -0.25) is 4.79 Å². The van der Waals surface area contributed by atoms with Crippen LogP contribution in [0, 0.1) is 0 Å². The van der Waals surface area contributed by atoms with Crippen LogP contribution in [-0.2, 0) is 12.1 Å². The molecule has 1 aliphatic rings. The molecule has 0 bridgehead atoms. The summed E-state index contributed by atoms with van der Waals surface area (Å²) < 4.78 is 7.82. The second-order valence-corrected chi connectivity index (χ2v) is 6.98. The third-order valence-electron chi connectivity index (χ3n) is 4.61. The van der Waals surface area contributed by atoms with E-state index in [1.165, 1.54) is 0 Å². The van der Waals surface area contributed by atoms with Gasteiger partial charge in [-0.1, -0.05) is 18.2 Å². The van der Waals surface area contributed by atoms with E-state index in [0.29, 0.717) is 24.5 Å². The maximum absolute atomic E-state index is 13.0. The smallest absolute Gasteiger partial charge is 0.255 e. The quantitative estimate of drug-likeness (QED) is 0.762. The molecule has 0 radical (unpaired) electrons. The number of nitrogens with one attached hydrogen (secondary N) is 2. The van der Waals surface area contributed by atoms with Crippen molar-refractivity contribution in [3.05, 3.63) is 65.7 Å². The summed E-state index contributed by atoms with van der Waals surface area (Å²) in [5.74, 6) is 1.28. The topological polar surface area (TPSA) is 67.7 Å². The van der Waals surface area contributed by atoms with Crippen molar-refractivity contribution in [1.29, 1.82) is 0 Å². The molecule has 0 unspecified atom stereocenters. The van der Waals surface area contributed by atoms with Gasteiger partial charge in [0.2, 0.25) is 0 Å². The first kappa shape index (κ1) is 16.6. The first-order chi connectivity index (χ1) is 12.6. The molecule has 1 aliphatic heterocycles. The van der Waals surface area contributed by atoms with Gasteiger partial charge in [0, 0.05) is 24.8 Å². The molecule has 0 aliphatic carbocycles. The van der Waals surface area contributed by atoms with E-state index < -0.39 is 5.54 Å². The van der Waals surface area contributed by atoms with Crippen LogP contribution in [0.15, 0.2) is 48.8 Å². The number of nitrogens with zero attached hydrogens (tertiary/aromatic N) is 2. The molecule has 134 valence electrons. The molecule has 0 spiro atoms. The van der Waals surface area contributed by atoms with Crippen LogP contribution in [0.2, 0.25) is 0 Å². The number of carbonyl (C=O) groups is 1. The number of pyridine rings is 1. The largest absolute Gasteiger partial charge is 0.491 e. The molecule has 6 heteroatoms. The molecular weight excluding hydrogens is 328 g/mol. The van der Waals surface area contributed by atoms with Crippen molar-refractivity contribution in [2.24, 2.45) is 0 Å². The van der Waals surface area contributed by atoms with Crippen LogP contribution in [0.4, 0.5) is 0 Å². The van der Waals surface area contributed by atoms with Crippen molar-refractivity contribution in [3.63, 3.8) is 0 Å². The zero-order valence-corrected chi connectivity index (χ0v) is 15.0. The van der Waals surface area contributed by atoms with E-state index in [9.17, 15) is 4.79 Å². The summed E-state index contributed by atoms with van der Waals surface area (Å²) >= 11 is 0.